The lowest BCUT2D eigenvalue weighted by atomic mass is 10.2. The topological polar surface area (TPSA) is 44.4 Å². The van der Waals surface area contributed by atoms with Crippen molar-refractivity contribution in [3.05, 3.63) is 24.0 Å². The molecule has 1 atom stereocenters. The third kappa shape index (κ3) is 2.77. The average Bonchev–Trinajstić information content (AvgIpc) is 3.12. The average molecular weight is 277 g/mol. The van der Waals surface area contributed by atoms with Crippen LogP contribution in [0.15, 0.2) is 18.2 Å². The fourth-order valence-electron chi connectivity index (χ4n) is 2.94. The molecule has 0 bridgehead atoms. The van der Waals surface area contributed by atoms with Gasteiger partial charge in [-0.2, -0.15) is 0 Å². The maximum atomic E-state index is 14.1. The van der Waals surface area contributed by atoms with Gasteiger partial charge in [-0.05, 0) is 50.4 Å². The minimum absolute atomic E-state index is 0.0733. The van der Waals surface area contributed by atoms with Crippen molar-refractivity contribution in [2.75, 3.05) is 29.9 Å². The maximum absolute atomic E-state index is 14.1. The number of carbonyl (C=O) groups excluding carboxylic acids is 1. The lowest BCUT2D eigenvalue weighted by Gasteiger charge is -2.19. The van der Waals surface area contributed by atoms with Gasteiger partial charge in [-0.3, -0.25) is 4.79 Å². The lowest BCUT2D eigenvalue weighted by Crippen LogP contribution is -2.35. The first-order valence-corrected chi connectivity index (χ1v) is 7.33. The summed E-state index contributed by atoms with van der Waals surface area (Å²) >= 11 is 0. The van der Waals surface area contributed by atoms with Crippen LogP contribution in [0.5, 0.6) is 0 Å². The van der Waals surface area contributed by atoms with E-state index in [2.05, 4.69) is 15.5 Å². The summed E-state index contributed by atoms with van der Waals surface area (Å²) in [5.74, 6) is -0.333. The molecule has 5 heteroatoms. The highest BCUT2D eigenvalue weighted by Gasteiger charge is 2.22. The number of hydrogen-bond donors (Lipinski definition) is 2. The predicted octanol–water partition coefficient (Wildman–Crippen LogP) is 2.12. The van der Waals surface area contributed by atoms with Crippen LogP contribution in [0, 0.1) is 5.82 Å². The first-order valence-electron chi connectivity index (χ1n) is 7.33. The van der Waals surface area contributed by atoms with Crippen LogP contribution in [0.2, 0.25) is 0 Å². The van der Waals surface area contributed by atoms with Crippen molar-refractivity contribution < 1.29 is 9.18 Å². The molecule has 2 fully saturated rings. The van der Waals surface area contributed by atoms with E-state index in [1.165, 1.54) is 6.07 Å². The summed E-state index contributed by atoms with van der Waals surface area (Å²) in [5, 5.41) is 5.92. The molecule has 20 heavy (non-hydrogen) atoms. The Kier molecular flexibility index (Phi) is 3.87. The molecular formula is C15H20FN3O. The molecule has 0 aromatic heterocycles. The highest BCUT2D eigenvalue weighted by atomic mass is 19.1. The molecule has 1 aromatic carbocycles. The summed E-state index contributed by atoms with van der Waals surface area (Å²) in [5.41, 5.74) is 1.17. The van der Waals surface area contributed by atoms with Crippen molar-refractivity contribution in [3.8, 4) is 0 Å². The number of anilines is 2. The lowest BCUT2D eigenvalue weighted by molar-refractivity contribution is -0.117. The van der Waals surface area contributed by atoms with Gasteiger partial charge in [-0.25, -0.2) is 4.39 Å². The molecule has 2 aliphatic heterocycles. The Morgan fingerprint density at radius 3 is 2.75 bits per heavy atom. The molecule has 2 N–H and O–H groups in total. The van der Waals surface area contributed by atoms with E-state index in [9.17, 15) is 9.18 Å². The SMILES string of the molecule is O=C(Nc1ccc(N2CCCC2)c(F)c1)[C@@H]1CCCN1. The van der Waals surface area contributed by atoms with Gasteiger partial charge in [0.25, 0.3) is 0 Å². The molecule has 2 heterocycles. The Balaban J connectivity index is 1.68. The summed E-state index contributed by atoms with van der Waals surface area (Å²) < 4.78 is 14.1. The second-order valence-electron chi connectivity index (χ2n) is 5.50. The molecule has 1 aromatic rings. The number of amides is 1. The van der Waals surface area contributed by atoms with E-state index in [0.717, 1.165) is 45.3 Å². The molecule has 2 aliphatic rings. The second kappa shape index (κ2) is 5.79. The highest BCUT2D eigenvalue weighted by Crippen LogP contribution is 2.26. The van der Waals surface area contributed by atoms with Crippen molar-refractivity contribution in [2.24, 2.45) is 0 Å². The molecule has 0 aliphatic carbocycles. The van der Waals surface area contributed by atoms with Gasteiger partial charge in [0.15, 0.2) is 0 Å². The van der Waals surface area contributed by atoms with E-state index in [0.29, 0.717) is 11.4 Å². The Morgan fingerprint density at radius 1 is 1.30 bits per heavy atom. The Bertz CT molecular complexity index is 494. The van der Waals surface area contributed by atoms with Crippen molar-refractivity contribution >= 4 is 17.3 Å². The zero-order valence-corrected chi connectivity index (χ0v) is 11.5. The Hall–Kier alpha value is -1.62. The smallest absolute Gasteiger partial charge is 0.241 e. The van der Waals surface area contributed by atoms with Crippen LogP contribution in [0.3, 0.4) is 0 Å². The van der Waals surface area contributed by atoms with Crippen LogP contribution in [-0.4, -0.2) is 31.6 Å². The maximum Gasteiger partial charge on any atom is 0.241 e. The van der Waals surface area contributed by atoms with E-state index >= 15 is 0 Å². The highest BCUT2D eigenvalue weighted by molar-refractivity contribution is 5.95. The number of halogens is 1. The van der Waals surface area contributed by atoms with Gasteiger partial charge in [0.1, 0.15) is 5.82 Å². The standard InChI is InChI=1S/C15H20FN3O/c16-12-10-11(18-15(20)13-4-3-7-17-13)5-6-14(12)19-8-1-2-9-19/h5-6,10,13,17H,1-4,7-9H2,(H,18,20)/t13-/m0/s1. The molecule has 0 saturated carbocycles. The fourth-order valence-corrected chi connectivity index (χ4v) is 2.94. The number of rotatable bonds is 3. The fraction of sp³-hybridized carbons (Fsp3) is 0.533. The Morgan fingerprint density at radius 2 is 2.10 bits per heavy atom. The van der Waals surface area contributed by atoms with Gasteiger partial charge >= 0.3 is 0 Å². The van der Waals surface area contributed by atoms with Crippen molar-refractivity contribution in [1.29, 1.82) is 0 Å². The van der Waals surface area contributed by atoms with E-state index < -0.39 is 0 Å². The first-order chi connectivity index (χ1) is 9.74. The summed E-state index contributed by atoms with van der Waals surface area (Å²) in [4.78, 5) is 14.0. The molecule has 3 rings (SSSR count). The van der Waals surface area contributed by atoms with Crippen molar-refractivity contribution in [1.82, 2.24) is 5.32 Å². The summed E-state index contributed by atoms with van der Waals surface area (Å²) in [7, 11) is 0. The minimum Gasteiger partial charge on any atom is -0.369 e. The summed E-state index contributed by atoms with van der Waals surface area (Å²) in [6.45, 7) is 2.70. The van der Waals surface area contributed by atoms with Gasteiger partial charge in [-0.1, -0.05) is 0 Å². The van der Waals surface area contributed by atoms with Crippen LogP contribution >= 0.6 is 0 Å². The zero-order valence-electron chi connectivity index (χ0n) is 11.5. The third-order valence-corrected chi connectivity index (χ3v) is 4.04. The number of carbonyl (C=O) groups is 1. The van der Waals surface area contributed by atoms with E-state index in [4.69, 9.17) is 0 Å². The van der Waals surface area contributed by atoms with Crippen molar-refractivity contribution in [2.45, 2.75) is 31.7 Å². The van der Waals surface area contributed by atoms with E-state index in [-0.39, 0.29) is 17.8 Å². The van der Waals surface area contributed by atoms with Crippen LogP contribution in [0.1, 0.15) is 25.7 Å². The predicted molar refractivity (Wildman–Crippen MR) is 77.5 cm³/mol. The van der Waals surface area contributed by atoms with E-state index in [1.54, 1.807) is 12.1 Å². The monoisotopic (exact) mass is 277 g/mol. The molecule has 2 saturated heterocycles. The van der Waals surface area contributed by atoms with Crippen LogP contribution in [0.4, 0.5) is 15.8 Å². The summed E-state index contributed by atoms with van der Waals surface area (Å²) in [6.07, 6.45) is 4.09. The molecular weight excluding hydrogens is 257 g/mol. The number of nitrogens with one attached hydrogen (secondary N) is 2. The van der Waals surface area contributed by atoms with Gasteiger partial charge in [0.05, 0.1) is 11.7 Å². The molecule has 0 radical (unpaired) electrons. The molecule has 4 nitrogen and oxygen atoms in total. The normalized spacial score (nSPS) is 22.2. The first kappa shape index (κ1) is 13.4. The molecule has 1 amide bonds. The van der Waals surface area contributed by atoms with Gasteiger partial charge in [-0.15, -0.1) is 0 Å². The number of hydrogen-bond acceptors (Lipinski definition) is 3. The van der Waals surface area contributed by atoms with Gasteiger partial charge in [0, 0.05) is 18.8 Å². The number of benzene rings is 1. The second-order valence-corrected chi connectivity index (χ2v) is 5.50. The third-order valence-electron chi connectivity index (χ3n) is 4.04. The Labute approximate surface area is 118 Å². The van der Waals surface area contributed by atoms with Gasteiger partial charge < -0.3 is 15.5 Å². The van der Waals surface area contributed by atoms with Crippen molar-refractivity contribution in [3.63, 3.8) is 0 Å². The van der Waals surface area contributed by atoms with Gasteiger partial charge in [0.2, 0.25) is 5.91 Å². The molecule has 0 spiro atoms. The minimum atomic E-state index is -0.260. The largest absolute Gasteiger partial charge is 0.369 e. The number of nitrogens with zero attached hydrogens (tertiary/aromatic N) is 1. The van der Waals surface area contributed by atoms with E-state index in [1.807, 2.05) is 0 Å². The molecule has 0 unspecified atom stereocenters. The summed E-state index contributed by atoms with van der Waals surface area (Å²) in [6, 6.07) is 4.82. The molecule has 108 valence electrons. The van der Waals surface area contributed by atoms with Crippen LogP contribution in [-0.2, 0) is 4.79 Å². The van der Waals surface area contributed by atoms with Crippen LogP contribution < -0.4 is 15.5 Å². The zero-order chi connectivity index (χ0) is 13.9. The quantitative estimate of drug-likeness (QED) is 0.889. The van der Waals surface area contributed by atoms with Crippen LogP contribution in [0.25, 0.3) is 0 Å².